The molecule has 2 aromatic rings. The van der Waals surface area contributed by atoms with Gasteiger partial charge in [0.15, 0.2) is 0 Å². The van der Waals surface area contributed by atoms with Crippen molar-refractivity contribution in [2.45, 2.75) is 31.7 Å². The van der Waals surface area contributed by atoms with Gasteiger partial charge in [0.05, 0.1) is 0 Å². The Morgan fingerprint density at radius 2 is 2.00 bits per heavy atom. The number of aryl methyl sites for hydroxylation is 1. The van der Waals surface area contributed by atoms with Crippen LogP contribution in [0.1, 0.15) is 30.2 Å². The van der Waals surface area contributed by atoms with Crippen molar-refractivity contribution in [3.8, 4) is 0 Å². The van der Waals surface area contributed by atoms with Gasteiger partial charge in [-0.05, 0) is 36.8 Å². The minimum Gasteiger partial charge on any atom is -0.321 e. The van der Waals surface area contributed by atoms with Gasteiger partial charge in [-0.3, -0.25) is 0 Å². The third-order valence-electron chi connectivity index (χ3n) is 3.44. The summed E-state index contributed by atoms with van der Waals surface area (Å²) >= 11 is 1.72. The van der Waals surface area contributed by atoms with Gasteiger partial charge in [-0.2, -0.15) is 0 Å². The molecule has 96 valence electrons. The van der Waals surface area contributed by atoms with Crippen LogP contribution in [0.25, 0.3) is 0 Å². The van der Waals surface area contributed by atoms with Gasteiger partial charge in [-0.15, -0.1) is 11.3 Å². The normalized spacial score (nSPS) is 14.4. The molecule has 0 fully saturated rings. The molecule has 0 amide bonds. The smallest absolute Gasteiger partial charge is 0.128 e. The van der Waals surface area contributed by atoms with Crippen LogP contribution >= 0.6 is 11.3 Å². The first-order valence-electron chi connectivity index (χ1n) is 6.22. The summed E-state index contributed by atoms with van der Waals surface area (Å²) in [7, 11) is 0. The first-order valence-corrected chi connectivity index (χ1v) is 7.10. The summed E-state index contributed by atoms with van der Waals surface area (Å²) in [6.45, 7) is 2.01. The summed E-state index contributed by atoms with van der Waals surface area (Å²) in [4.78, 5) is 1.30. The van der Waals surface area contributed by atoms with Crippen LogP contribution in [-0.2, 0) is 12.0 Å². The SMILES string of the molecule is CCC(N)(CCc1cccs1)c1ccccc1F. The highest BCUT2D eigenvalue weighted by atomic mass is 32.1. The van der Waals surface area contributed by atoms with Gasteiger partial charge in [0, 0.05) is 16.0 Å². The predicted octanol–water partition coefficient (Wildman–Crippen LogP) is 4.08. The Morgan fingerprint density at radius 3 is 2.61 bits per heavy atom. The zero-order chi connectivity index (χ0) is 13.0. The fourth-order valence-corrected chi connectivity index (χ4v) is 2.88. The Morgan fingerprint density at radius 1 is 1.22 bits per heavy atom. The predicted molar refractivity (Wildman–Crippen MR) is 75.2 cm³/mol. The molecule has 2 N–H and O–H groups in total. The molecule has 0 saturated heterocycles. The summed E-state index contributed by atoms with van der Waals surface area (Å²) in [5.74, 6) is -0.201. The van der Waals surface area contributed by atoms with Crippen LogP contribution in [-0.4, -0.2) is 0 Å². The molecule has 1 aromatic carbocycles. The van der Waals surface area contributed by atoms with E-state index in [1.54, 1.807) is 23.5 Å². The third-order valence-corrected chi connectivity index (χ3v) is 4.37. The second-order valence-electron chi connectivity index (χ2n) is 4.57. The van der Waals surface area contributed by atoms with Crippen molar-refractivity contribution >= 4 is 11.3 Å². The van der Waals surface area contributed by atoms with Crippen molar-refractivity contribution in [3.63, 3.8) is 0 Å². The molecular weight excluding hydrogens is 245 g/mol. The Labute approximate surface area is 111 Å². The Kier molecular flexibility index (Phi) is 4.15. The largest absolute Gasteiger partial charge is 0.321 e. The van der Waals surface area contributed by atoms with E-state index in [1.165, 1.54) is 10.9 Å². The molecule has 1 heterocycles. The fraction of sp³-hybridized carbons (Fsp3) is 0.333. The van der Waals surface area contributed by atoms with Crippen molar-refractivity contribution in [1.82, 2.24) is 0 Å². The number of hydrogen-bond acceptors (Lipinski definition) is 2. The van der Waals surface area contributed by atoms with Crippen molar-refractivity contribution in [2.24, 2.45) is 5.73 Å². The monoisotopic (exact) mass is 263 g/mol. The molecule has 1 aromatic heterocycles. The molecule has 0 aliphatic carbocycles. The van der Waals surface area contributed by atoms with Gasteiger partial charge in [-0.1, -0.05) is 31.2 Å². The molecular formula is C15H18FNS. The number of hydrogen-bond donors (Lipinski definition) is 1. The van der Waals surface area contributed by atoms with Crippen LogP contribution in [0.5, 0.6) is 0 Å². The third kappa shape index (κ3) is 2.79. The van der Waals surface area contributed by atoms with E-state index in [-0.39, 0.29) is 5.82 Å². The lowest BCUT2D eigenvalue weighted by Crippen LogP contribution is -2.37. The summed E-state index contributed by atoms with van der Waals surface area (Å²) in [6, 6.07) is 11.0. The zero-order valence-electron chi connectivity index (χ0n) is 10.5. The number of nitrogens with two attached hydrogens (primary N) is 1. The minimum atomic E-state index is -0.574. The van der Waals surface area contributed by atoms with Crippen LogP contribution in [0, 0.1) is 5.82 Å². The Balaban J connectivity index is 2.17. The second-order valence-corrected chi connectivity index (χ2v) is 5.60. The lowest BCUT2D eigenvalue weighted by Gasteiger charge is -2.29. The van der Waals surface area contributed by atoms with Gasteiger partial charge in [0.1, 0.15) is 5.82 Å². The van der Waals surface area contributed by atoms with Crippen LogP contribution in [0.15, 0.2) is 41.8 Å². The zero-order valence-corrected chi connectivity index (χ0v) is 11.3. The van der Waals surface area contributed by atoms with Crippen molar-refractivity contribution in [2.75, 3.05) is 0 Å². The number of rotatable bonds is 5. The maximum Gasteiger partial charge on any atom is 0.128 e. The van der Waals surface area contributed by atoms with Crippen molar-refractivity contribution < 1.29 is 4.39 Å². The highest BCUT2D eigenvalue weighted by Crippen LogP contribution is 2.30. The van der Waals surface area contributed by atoms with Crippen molar-refractivity contribution in [3.05, 3.63) is 58.0 Å². The van der Waals surface area contributed by atoms with Crippen LogP contribution < -0.4 is 5.73 Å². The van der Waals surface area contributed by atoms with Crippen LogP contribution in [0.4, 0.5) is 4.39 Å². The maximum absolute atomic E-state index is 13.9. The van der Waals surface area contributed by atoms with E-state index in [0.717, 1.165) is 19.3 Å². The first kappa shape index (κ1) is 13.2. The molecule has 1 nitrogen and oxygen atoms in total. The van der Waals surface area contributed by atoms with Gasteiger partial charge in [0.25, 0.3) is 0 Å². The van der Waals surface area contributed by atoms with Crippen molar-refractivity contribution in [1.29, 1.82) is 0 Å². The van der Waals surface area contributed by atoms with E-state index < -0.39 is 5.54 Å². The number of benzene rings is 1. The summed E-state index contributed by atoms with van der Waals surface area (Å²) < 4.78 is 13.9. The van der Waals surface area contributed by atoms with E-state index in [1.807, 2.05) is 19.1 Å². The van der Waals surface area contributed by atoms with E-state index in [9.17, 15) is 4.39 Å². The molecule has 0 bridgehead atoms. The quantitative estimate of drug-likeness (QED) is 0.864. The average molecular weight is 263 g/mol. The van der Waals surface area contributed by atoms with E-state index in [0.29, 0.717) is 5.56 Å². The summed E-state index contributed by atoms with van der Waals surface area (Å²) in [5.41, 5.74) is 6.46. The maximum atomic E-state index is 13.9. The molecule has 0 radical (unpaired) electrons. The molecule has 2 rings (SSSR count). The first-order chi connectivity index (χ1) is 8.65. The van der Waals surface area contributed by atoms with Crippen LogP contribution in [0.2, 0.25) is 0 Å². The number of halogens is 1. The summed E-state index contributed by atoms with van der Waals surface area (Å²) in [6.07, 6.45) is 2.40. The van der Waals surface area contributed by atoms with Crippen LogP contribution in [0.3, 0.4) is 0 Å². The molecule has 0 spiro atoms. The minimum absolute atomic E-state index is 0.201. The van der Waals surface area contributed by atoms with Gasteiger partial charge in [0.2, 0.25) is 0 Å². The highest BCUT2D eigenvalue weighted by Gasteiger charge is 2.27. The van der Waals surface area contributed by atoms with E-state index in [4.69, 9.17) is 5.73 Å². The molecule has 18 heavy (non-hydrogen) atoms. The van der Waals surface area contributed by atoms with E-state index in [2.05, 4.69) is 11.4 Å². The summed E-state index contributed by atoms with van der Waals surface area (Å²) in [5, 5.41) is 2.06. The fourth-order valence-electron chi connectivity index (χ4n) is 2.17. The average Bonchev–Trinajstić information content (AvgIpc) is 2.90. The topological polar surface area (TPSA) is 26.0 Å². The number of thiophene rings is 1. The standard InChI is InChI=1S/C15H18FNS/c1-2-15(17,10-9-12-6-5-11-18-12)13-7-3-4-8-14(13)16/h3-8,11H,2,9-10,17H2,1H3. The molecule has 1 unspecified atom stereocenters. The molecule has 3 heteroatoms. The van der Waals surface area contributed by atoms with Gasteiger partial charge in [-0.25, -0.2) is 4.39 Å². The van der Waals surface area contributed by atoms with Gasteiger partial charge >= 0.3 is 0 Å². The molecule has 0 aliphatic rings. The molecule has 1 atom stereocenters. The van der Waals surface area contributed by atoms with E-state index >= 15 is 0 Å². The Bertz CT molecular complexity index is 495. The lowest BCUT2D eigenvalue weighted by molar-refractivity contribution is 0.377. The molecule has 0 saturated carbocycles. The Hall–Kier alpha value is -1.19. The second kappa shape index (κ2) is 5.63. The van der Waals surface area contributed by atoms with Gasteiger partial charge < -0.3 is 5.73 Å². The molecule has 0 aliphatic heterocycles. The highest BCUT2D eigenvalue weighted by molar-refractivity contribution is 7.09. The lowest BCUT2D eigenvalue weighted by atomic mass is 9.83.